The molecule has 2 atom stereocenters. The molecule has 3 N–H and O–H groups in total. The highest BCUT2D eigenvalue weighted by Crippen LogP contribution is 2.27. The Labute approximate surface area is 208 Å². The molecule has 0 aromatic carbocycles. The minimum Gasteiger partial charge on any atom is -0.390 e. The van der Waals surface area contributed by atoms with Crippen molar-refractivity contribution in [3.05, 3.63) is 47.2 Å². The summed E-state index contributed by atoms with van der Waals surface area (Å²) in [5.74, 6) is 3.40. The number of carbonyl (C=O) groups excluding carboxylic acids is 2. The molecule has 1 aromatic rings. The minimum absolute atomic E-state index is 0.102. The third-order valence-electron chi connectivity index (χ3n) is 6.70. The second-order valence-electron chi connectivity index (χ2n) is 9.39. The Morgan fingerprint density at radius 2 is 2.11 bits per heavy atom. The van der Waals surface area contributed by atoms with Crippen LogP contribution in [0.2, 0.25) is 0 Å². The van der Waals surface area contributed by atoms with Gasteiger partial charge >= 0.3 is 0 Å². The van der Waals surface area contributed by atoms with Crippen molar-refractivity contribution in [2.45, 2.75) is 45.8 Å². The van der Waals surface area contributed by atoms with Gasteiger partial charge in [0.15, 0.2) is 0 Å². The van der Waals surface area contributed by atoms with Gasteiger partial charge in [-0.2, -0.15) is 0 Å². The van der Waals surface area contributed by atoms with Crippen LogP contribution in [-0.4, -0.2) is 83.1 Å². The van der Waals surface area contributed by atoms with E-state index >= 15 is 0 Å². The molecular weight excluding hydrogens is 442 g/mol. The number of aromatic nitrogens is 1. The van der Waals surface area contributed by atoms with Gasteiger partial charge in [-0.1, -0.05) is 18.9 Å². The molecule has 188 valence electrons. The molecule has 2 aliphatic heterocycles. The van der Waals surface area contributed by atoms with Gasteiger partial charge in [0.1, 0.15) is 5.82 Å². The molecule has 8 nitrogen and oxygen atoms in total. The maximum atomic E-state index is 12.7. The zero-order valence-electron chi connectivity index (χ0n) is 21.0. The lowest BCUT2D eigenvalue weighted by Gasteiger charge is -2.35. The van der Waals surface area contributed by atoms with Crippen LogP contribution in [0, 0.1) is 18.3 Å². The molecule has 2 aliphatic rings. The number of aliphatic hydroxyl groups is 1. The predicted molar refractivity (Wildman–Crippen MR) is 138 cm³/mol. The van der Waals surface area contributed by atoms with E-state index in [1.54, 1.807) is 25.3 Å². The molecule has 2 fully saturated rings. The summed E-state index contributed by atoms with van der Waals surface area (Å²) in [4.78, 5) is 32.6. The van der Waals surface area contributed by atoms with Gasteiger partial charge in [-0.05, 0) is 55.0 Å². The first kappa shape index (κ1) is 26.5. The summed E-state index contributed by atoms with van der Waals surface area (Å²) < 4.78 is 0. The van der Waals surface area contributed by atoms with Crippen LogP contribution >= 0.6 is 0 Å². The van der Waals surface area contributed by atoms with Gasteiger partial charge in [0.05, 0.1) is 6.10 Å². The molecule has 35 heavy (non-hydrogen) atoms. The lowest BCUT2D eigenvalue weighted by Crippen LogP contribution is -2.45. The monoisotopic (exact) mass is 479 g/mol. The first-order valence-corrected chi connectivity index (χ1v) is 12.3. The van der Waals surface area contributed by atoms with Crippen LogP contribution in [0.25, 0.3) is 0 Å². The molecule has 0 saturated carbocycles. The zero-order valence-corrected chi connectivity index (χ0v) is 21.0. The molecule has 3 heterocycles. The fourth-order valence-corrected chi connectivity index (χ4v) is 4.79. The second-order valence-corrected chi connectivity index (χ2v) is 9.39. The molecule has 2 saturated heterocycles. The van der Waals surface area contributed by atoms with Gasteiger partial charge in [-0.3, -0.25) is 14.5 Å². The first-order valence-electron chi connectivity index (χ1n) is 12.3. The molecule has 0 spiro atoms. The number of hydrogen-bond donors (Lipinski definition) is 3. The number of nitrogens with zero attached hydrogens (tertiary/aromatic N) is 3. The molecular formula is C27H37N5O3. The van der Waals surface area contributed by atoms with Crippen molar-refractivity contribution in [1.29, 1.82) is 0 Å². The number of hydrogen-bond acceptors (Lipinski definition) is 6. The summed E-state index contributed by atoms with van der Waals surface area (Å²) >= 11 is 0. The van der Waals surface area contributed by atoms with E-state index in [0.29, 0.717) is 17.9 Å². The van der Waals surface area contributed by atoms with Crippen LogP contribution in [0.1, 0.15) is 44.0 Å². The van der Waals surface area contributed by atoms with Crippen LogP contribution in [0.3, 0.4) is 0 Å². The molecule has 1 aromatic heterocycles. The zero-order chi connectivity index (χ0) is 25.4. The van der Waals surface area contributed by atoms with E-state index in [-0.39, 0.29) is 30.3 Å². The van der Waals surface area contributed by atoms with Gasteiger partial charge in [-0.25, -0.2) is 4.98 Å². The molecule has 0 bridgehead atoms. The minimum atomic E-state index is -0.687. The van der Waals surface area contributed by atoms with E-state index in [0.717, 1.165) is 39.0 Å². The van der Waals surface area contributed by atoms with Gasteiger partial charge in [0.25, 0.3) is 5.91 Å². The number of anilines is 1. The van der Waals surface area contributed by atoms with Crippen molar-refractivity contribution in [2.24, 2.45) is 5.92 Å². The molecule has 1 unspecified atom stereocenters. The number of likely N-dealkylation sites (tertiary alicyclic amines) is 2. The predicted octanol–water partition coefficient (Wildman–Crippen LogP) is 2.05. The Balaban J connectivity index is 1.48. The van der Waals surface area contributed by atoms with Crippen LogP contribution in [-0.2, 0) is 4.79 Å². The maximum Gasteiger partial charge on any atom is 0.251 e. The third-order valence-corrected chi connectivity index (χ3v) is 6.70. The van der Waals surface area contributed by atoms with Crippen molar-refractivity contribution in [1.82, 2.24) is 20.1 Å². The maximum absolute atomic E-state index is 12.7. The van der Waals surface area contributed by atoms with E-state index in [1.165, 1.54) is 11.1 Å². The first-order chi connectivity index (χ1) is 16.8. The van der Waals surface area contributed by atoms with E-state index in [4.69, 9.17) is 6.42 Å². The number of β-amino-alcohol motifs (C(OH)–C–C–N with tert-alkyl or cyclic N) is 1. The topological polar surface area (TPSA) is 97.8 Å². The number of pyridine rings is 1. The number of rotatable bonds is 7. The van der Waals surface area contributed by atoms with E-state index < -0.39 is 6.10 Å². The van der Waals surface area contributed by atoms with Gasteiger partial charge < -0.3 is 20.6 Å². The summed E-state index contributed by atoms with van der Waals surface area (Å²) in [7, 11) is 0. The second kappa shape index (κ2) is 12.5. The Kier molecular flexibility index (Phi) is 9.47. The normalized spacial score (nSPS) is 22.6. The molecule has 2 amide bonds. The van der Waals surface area contributed by atoms with Crippen molar-refractivity contribution < 1.29 is 14.7 Å². The number of piperidine rings is 2. The highest BCUT2D eigenvalue weighted by Gasteiger charge is 2.26. The Morgan fingerprint density at radius 1 is 1.37 bits per heavy atom. The fourth-order valence-electron chi connectivity index (χ4n) is 4.79. The highest BCUT2D eigenvalue weighted by molar-refractivity contribution is 5.94. The van der Waals surface area contributed by atoms with Gasteiger partial charge in [0.2, 0.25) is 5.91 Å². The Hall–Kier alpha value is -3.15. The lowest BCUT2D eigenvalue weighted by molar-refractivity contribution is -0.129. The van der Waals surface area contributed by atoms with E-state index in [9.17, 15) is 14.7 Å². The quantitative estimate of drug-likeness (QED) is 0.518. The summed E-state index contributed by atoms with van der Waals surface area (Å²) in [5.41, 5.74) is 2.85. The van der Waals surface area contributed by atoms with Crippen LogP contribution in [0.15, 0.2) is 41.6 Å². The van der Waals surface area contributed by atoms with Gasteiger partial charge in [-0.15, -0.1) is 6.42 Å². The van der Waals surface area contributed by atoms with Crippen LogP contribution in [0.5, 0.6) is 0 Å². The standard InChI is InChI=1S/C27H37N5O3/c1-5-7-25-19(3)16-31(17-21(25)6-2)18-24(34)15-29-27(35)22-8-11-28-26(14-22)30-23-9-12-32(13-10-23)20(4)33/h1,6-8,11,14,19,23-24,34H,9-10,12-13,15-18H2,2-4H3,(H,28,30)(H,29,35)/b21-6-,25-7?/t19?,24-/m0/s1. The van der Waals surface area contributed by atoms with Crippen molar-refractivity contribution in [2.75, 3.05) is 44.6 Å². The average molecular weight is 480 g/mol. The number of carbonyl (C=O) groups is 2. The lowest BCUT2D eigenvalue weighted by atomic mass is 9.88. The van der Waals surface area contributed by atoms with E-state index in [1.807, 2.05) is 17.9 Å². The highest BCUT2D eigenvalue weighted by atomic mass is 16.3. The number of amides is 2. The number of terminal acetylenes is 1. The number of allylic oxidation sites excluding steroid dienone is 2. The van der Waals surface area contributed by atoms with Crippen molar-refractivity contribution in [3.8, 4) is 12.3 Å². The van der Waals surface area contributed by atoms with Crippen LogP contribution < -0.4 is 10.6 Å². The summed E-state index contributed by atoms with van der Waals surface area (Å²) in [5, 5.41) is 16.8. The summed E-state index contributed by atoms with van der Waals surface area (Å²) in [6.45, 7) is 9.33. The largest absolute Gasteiger partial charge is 0.390 e. The third kappa shape index (κ3) is 7.41. The van der Waals surface area contributed by atoms with Crippen molar-refractivity contribution >= 4 is 17.6 Å². The molecule has 0 radical (unpaired) electrons. The molecule has 3 rings (SSSR count). The Morgan fingerprint density at radius 3 is 2.77 bits per heavy atom. The smallest absolute Gasteiger partial charge is 0.251 e. The summed E-state index contributed by atoms with van der Waals surface area (Å²) in [6, 6.07) is 3.60. The number of nitrogens with one attached hydrogen (secondary N) is 2. The number of aliphatic hydroxyl groups excluding tert-OH is 1. The average Bonchev–Trinajstić information content (AvgIpc) is 2.84. The Bertz CT molecular complexity index is 1000. The van der Waals surface area contributed by atoms with Gasteiger partial charge in [0, 0.05) is 64.0 Å². The summed E-state index contributed by atoms with van der Waals surface area (Å²) in [6.07, 6.45) is 12.0. The molecule has 0 aliphatic carbocycles. The molecule has 8 heteroatoms. The SMILES string of the molecule is C#CC=C1/C(=C\C)CN(C[C@@H](O)CNC(=O)c2ccnc(NC3CCN(C(C)=O)CC3)c2)CC1C. The van der Waals surface area contributed by atoms with Crippen LogP contribution in [0.4, 0.5) is 5.82 Å². The van der Waals surface area contributed by atoms with Crippen molar-refractivity contribution in [3.63, 3.8) is 0 Å². The van der Waals surface area contributed by atoms with E-state index in [2.05, 4.69) is 39.4 Å². The fraction of sp³-hybridized carbons (Fsp3) is 0.519.